The van der Waals surface area contributed by atoms with Crippen LogP contribution in [0.25, 0.3) is 0 Å². The van der Waals surface area contributed by atoms with Crippen molar-refractivity contribution in [3.05, 3.63) is 52.5 Å². The van der Waals surface area contributed by atoms with Crippen molar-refractivity contribution in [2.24, 2.45) is 0 Å². The van der Waals surface area contributed by atoms with Crippen LogP contribution >= 0.6 is 23.4 Å². The highest BCUT2D eigenvalue weighted by Gasteiger charge is 2.17. The lowest BCUT2D eigenvalue weighted by atomic mass is 10.1. The van der Waals surface area contributed by atoms with Crippen molar-refractivity contribution in [2.45, 2.75) is 10.6 Å². The van der Waals surface area contributed by atoms with Gasteiger partial charge in [0, 0.05) is 21.7 Å². The van der Waals surface area contributed by atoms with Crippen LogP contribution in [0.15, 0.2) is 41.3 Å². The number of benzene rings is 2. The fourth-order valence-corrected chi connectivity index (χ4v) is 2.83. The molecule has 0 aromatic heterocycles. The fourth-order valence-electron chi connectivity index (χ4n) is 1.83. The smallest absolute Gasteiger partial charge is 0.339 e. The minimum Gasteiger partial charge on any atom is -0.507 e. The number of methoxy groups -OCH3 is 1. The van der Waals surface area contributed by atoms with Crippen molar-refractivity contribution in [3.63, 3.8) is 0 Å². The maximum atomic E-state index is 11.3. The first-order chi connectivity index (χ1) is 10.0. The standard InChI is InChI=1S/C15H13ClO4S/c1-20-11-6-9(14(15(18)19)13(17)7-11)8-21-12-4-2-10(16)3-5-12/h2-7,17H,8H2,1H3,(H,18,19). The summed E-state index contributed by atoms with van der Waals surface area (Å²) in [5.41, 5.74) is 0.400. The third kappa shape index (κ3) is 3.83. The van der Waals surface area contributed by atoms with Gasteiger partial charge in [-0.2, -0.15) is 0 Å². The maximum absolute atomic E-state index is 11.3. The lowest BCUT2D eigenvalue weighted by molar-refractivity contribution is 0.0693. The third-order valence-electron chi connectivity index (χ3n) is 2.83. The Bertz CT molecular complexity index is 655. The van der Waals surface area contributed by atoms with Crippen LogP contribution in [-0.4, -0.2) is 23.3 Å². The van der Waals surface area contributed by atoms with Gasteiger partial charge in [0.15, 0.2) is 0 Å². The molecule has 21 heavy (non-hydrogen) atoms. The maximum Gasteiger partial charge on any atom is 0.339 e. The van der Waals surface area contributed by atoms with Crippen molar-refractivity contribution in [2.75, 3.05) is 7.11 Å². The summed E-state index contributed by atoms with van der Waals surface area (Å²) in [5.74, 6) is -0.645. The van der Waals surface area contributed by atoms with E-state index in [0.717, 1.165) is 4.90 Å². The molecule has 0 aliphatic heterocycles. The topological polar surface area (TPSA) is 66.8 Å². The summed E-state index contributed by atoms with van der Waals surface area (Å²) < 4.78 is 5.06. The Balaban J connectivity index is 2.27. The molecule has 2 rings (SSSR count). The number of halogens is 1. The molecule has 6 heteroatoms. The van der Waals surface area contributed by atoms with Crippen molar-refractivity contribution in [1.29, 1.82) is 0 Å². The van der Waals surface area contributed by atoms with Gasteiger partial charge in [0.25, 0.3) is 0 Å². The monoisotopic (exact) mass is 324 g/mol. The Morgan fingerprint density at radius 1 is 1.29 bits per heavy atom. The predicted molar refractivity (Wildman–Crippen MR) is 82.6 cm³/mol. The van der Waals surface area contributed by atoms with E-state index in [1.54, 1.807) is 18.2 Å². The zero-order valence-electron chi connectivity index (χ0n) is 11.2. The SMILES string of the molecule is COc1cc(O)c(C(=O)O)c(CSc2ccc(Cl)cc2)c1. The van der Waals surface area contributed by atoms with E-state index in [0.29, 0.717) is 22.1 Å². The number of hydrogen-bond acceptors (Lipinski definition) is 4. The molecule has 2 N–H and O–H groups in total. The second kappa shape index (κ2) is 6.74. The second-order valence-electron chi connectivity index (χ2n) is 4.23. The average molecular weight is 325 g/mol. The molecule has 0 spiro atoms. The summed E-state index contributed by atoms with van der Waals surface area (Å²) in [6.45, 7) is 0. The predicted octanol–water partition coefficient (Wildman–Crippen LogP) is 4.04. The molecule has 0 heterocycles. The molecular formula is C15H13ClO4S. The number of thioether (sulfide) groups is 1. The van der Waals surface area contributed by atoms with Crippen LogP contribution in [0.3, 0.4) is 0 Å². The molecule has 0 amide bonds. The van der Waals surface area contributed by atoms with Gasteiger partial charge in [0.05, 0.1) is 7.11 Å². The van der Waals surface area contributed by atoms with E-state index in [9.17, 15) is 15.0 Å². The Labute approximate surface area is 131 Å². The number of carboxylic acids is 1. The first-order valence-electron chi connectivity index (χ1n) is 6.03. The summed E-state index contributed by atoms with van der Waals surface area (Å²) in [5, 5.41) is 19.7. The highest BCUT2D eigenvalue weighted by Crippen LogP contribution is 2.32. The van der Waals surface area contributed by atoms with Gasteiger partial charge in [-0.1, -0.05) is 11.6 Å². The first-order valence-corrected chi connectivity index (χ1v) is 7.39. The molecule has 110 valence electrons. The summed E-state index contributed by atoms with van der Waals surface area (Å²) >= 11 is 7.27. The molecule has 2 aromatic rings. The number of carboxylic acid groups (broad SMARTS) is 1. The van der Waals surface area contributed by atoms with Gasteiger partial charge in [0.1, 0.15) is 17.1 Å². The van der Waals surface area contributed by atoms with Gasteiger partial charge in [-0.25, -0.2) is 4.79 Å². The number of carbonyl (C=O) groups is 1. The highest BCUT2D eigenvalue weighted by atomic mass is 35.5. The molecule has 0 bridgehead atoms. The van der Waals surface area contributed by atoms with E-state index in [1.807, 2.05) is 12.1 Å². The van der Waals surface area contributed by atoms with Crippen molar-refractivity contribution < 1.29 is 19.7 Å². The van der Waals surface area contributed by atoms with Gasteiger partial charge in [-0.15, -0.1) is 11.8 Å². The number of aromatic carboxylic acids is 1. The lowest BCUT2D eigenvalue weighted by Gasteiger charge is -2.10. The van der Waals surface area contributed by atoms with E-state index in [1.165, 1.54) is 24.9 Å². The number of aromatic hydroxyl groups is 1. The van der Waals surface area contributed by atoms with Crippen molar-refractivity contribution >= 4 is 29.3 Å². The zero-order valence-corrected chi connectivity index (χ0v) is 12.7. The normalized spacial score (nSPS) is 10.4. The number of rotatable bonds is 5. The highest BCUT2D eigenvalue weighted by molar-refractivity contribution is 7.98. The van der Waals surface area contributed by atoms with Crippen LogP contribution in [-0.2, 0) is 5.75 Å². The van der Waals surface area contributed by atoms with Gasteiger partial charge in [0.2, 0.25) is 0 Å². The van der Waals surface area contributed by atoms with E-state index in [2.05, 4.69) is 0 Å². The number of hydrogen-bond donors (Lipinski definition) is 2. The van der Waals surface area contributed by atoms with Crippen LogP contribution in [0.1, 0.15) is 15.9 Å². The molecule has 0 saturated carbocycles. The first kappa shape index (κ1) is 15.5. The second-order valence-corrected chi connectivity index (χ2v) is 5.71. The van der Waals surface area contributed by atoms with E-state index in [-0.39, 0.29) is 11.3 Å². The van der Waals surface area contributed by atoms with Gasteiger partial charge < -0.3 is 14.9 Å². The molecule has 0 fully saturated rings. The zero-order chi connectivity index (χ0) is 15.4. The van der Waals surface area contributed by atoms with Gasteiger partial charge in [-0.3, -0.25) is 0 Å². The quantitative estimate of drug-likeness (QED) is 0.812. The summed E-state index contributed by atoms with van der Waals surface area (Å²) in [6.07, 6.45) is 0. The Morgan fingerprint density at radius 2 is 1.95 bits per heavy atom. The van der Waals surface area contributed by atoms with E-state index < -0.39 is 5.97 Å². The molecule has 0 saturated heterocycles. The molecule has 4 nitrogen and oxygen atoms in total. The fraction of sp³-hybridized carbons (Fsp3) is 0.133. The van der Waals surface area contributed by atoms with Crippen molar-refractivity contribution in [3.8, 4) is 11.5 Å². The summed E-state index contributed by atoms with van der Waals surface area (Å²) in [7, 11) is 1.46. The molecule has 2 aromatic carbocycles. The molecule has 0 radical (unpaired) electrons. The summed E-state index contributed by atoms with van der Waals surface area (Å²) in [6, 6.07) is 10.2. The average Bonchev–Trinajstić information content (AvgIpc) is 2.45. The summed E-state index contributed by atoms with van der Waals surface area (Å²) in [4.78, 5) is 12.2. The minimum absolute atomic E-state index is 0.0998. The third-order valence-corrected chi connectivity index (χ3v) is 4.14. The van der Waals surface area contributed by atoms with Crippen LogP contribution in [0.4, 0.5) is 0 Å². The number of phenols is 1. The van der Waals surface area contributed by atoms with E-state index in [4.69, 9.17) is 16.3 Å². The lowest BCUT2D eigenvalue weighted by Crippen LogP contribution is -2.03. The number of ether oxygens (including phenoxy) is 1. The Kier molecular flexibility index (Phi) is 4.98. The van der Waals surface area contributed by atoms with Crippen LogP contribution in [0.5, 0.6) is 11.5 Å². The largest absolute Gasteiger partial charge is 0.507 e. The van der Waals surface area contributed by atoms with Gasteiger partial charge >= 0.3 is 5.97 Å². The van der Waals surface area contributed by atoms with Gasteiger partial charge in [-0.05, 0) is 35.9 Å². The molecular weight excluding hydrogens is 312 g/mol. The minimum atomic E-state index is -1.16. The van der Waals surface area contributed by atoms with E-state index >= 15 is 0 Å². The van der Waals surface area contributed by atoms with Crippen LogP contribution in [0, 0.1) is 0 Å². The molecule has 0 atom stereocenters. The van der Waals surface area contributed by atoms with Crippen LogP contribution in [0.2, 0.25) is 5.02 Å². The Morgan fingerprint density at radius 3 is 2.52 bits per heavy atom. The van der Waals surface area contributed by atoms with Crippen LogP contribution < -0.4 is 4.74 Å². The molecule has 0 aliphatic rings. The molecule has 0 unspecified atom stereocenters. The Hall–Kier alpha value is -1.85. The van der Waals surface area contributed by atoms with Crippen molar-refractivity contribution in [1.82, 2.24) is 0 Å². The molecule has 0 aliphatic carbocycles.